The molecule has 0 unspecified atom stereocenters. The van der Waals surface area contributed by atoms with Gasteiger partial charge in [-0.3, -0.25) is 0 Å². The minimum atomic E-state index is -1.25. The maximum atomic E-state index is 10.9. The molecule has 2 rings (SSSR count). The van der Waals surface area contributed by atoms with Crippen molar-refractivity contribution in [1.29, 1.82) is 0 Å². The van der Waals surface area contributed by atoms with E-state index in [1.54, 1.807) is 24.3 Å². The molecule has 0 aliphatic rings. The van der Waals surface area contributed by atoms with Crippen LogP contribution in [0, 0.1) is 0 Å². The van der Waals surface area contributed by atoms with Crippen LogP contribution in [-0.2, 0) is 0 Å². The number of hydrogen-bond donors (Lipinski definition) is 3. The molecular weight excluding hydrogens is 290 g/mol. The predicted molar refractivity (Wildman–Crippen MR) is 64.8 cm³/mol. The fourth-order valence-corrected chi connectivity index (χ4v) is 1.58. The van der Waals surface area contributed by atoms with E-state index in [0.29, 0.717) is 5.69 Å². The van der Waals surface area contributed by atoms with Crippen molar-refractivity contribution in [3.05, 3.63) is 40.6 Å². The van der Waals surface area contributed by atoms with Crippen LogP contribution in [0.4, 0.5) is 11.6 Å². The van der Waals surface area contributed by atoms with Gasteiger partial charge < -0.3 is 19.9 Å². The Morgan fingerprint density at radius 2 is 1.94 bits per heavy atom. The third-order valence-corrected chi connectivity index (χ3v) is 2.62. The van der Waals surface area contributed by atoms with Crippen molar-refractivity contribution >= 4 is 33.5 Å². The molecular formula is C11H8BrNO4. The van der Waals surface area contributed by atoms with Crippen LogP contribution in [0.5, 0.6) is 5.75 Å². The normalized spacial score (nSPS) is 10.2. The number of carboxylic acids is 1. The Hall–Kier alpha value is -1.95. The molecule has 0 aliphatic heterocycles. The Balaban J connectivity index is 2.30. The first-order chi connectivity index (χ1) is 8.08. The Morgan fingerprint density at radius 3 is 2.53 bits per heavy atom. The third-order valence-electron chi connectivity index (χ3n) is 2.09. The van der Waals surface area contributed by atoms with Crippen molar-refractivity contribution in [2.24, 2.45) is 0 Å². The van der Waals surface area contributed by atoms with Crippen LogP contribution in [-0.4, -0.2) is 16.2 Å². The zero-order chi connectivity index (χ0) is 12.4. The van der Waals surface area contributed by atoms with Crippen LogP contribution in [0.2, 0.25) is 0 Å². The van der Waals surface area contributed by atoms with Gasteiger partial charge in [0.25, 0.3) is 0 Å². The van der Waals surface area contributed by atoms with Gasteiger partial charge in [0.15, 0.2) is 11.3 Å². The second-order valence-electron chi connectivity index (χ2n) is 3.26. The van der Waals surface area contributed by atoms with Crippen LogP contribution < -0.4 is 5.32 Å². The summed E-state index contributed by atoms with van der Waals surface area (Å²) >= 11 is 3.29. The Bertz CT molecular complexity index is 547. The van der Waals surface area contributed by atoms with Crippen molar-refractivity contribution in [2.75, 3.05) is 5.32 Å². The van der Waals surface area contributed by atoms with E-state index in [0.717, 1.165) is 10.7 Å². The molecule has 0 saturated carbocycles. The number of halogens is 1. The molecule has 6 heteroatoms. The summed E-state index contributed by atoms with van der Waals surface area (Å²) in [6, 6.07) is 7.09. The molecule has 0 radical (unpaired) electrons. The summed E-state index contributed by atoms with van der Waals surface area (Å²) in [7, 11) is 0. The molecule has 0 saturated heterocycles. The first-order valence-electron chi connectivity index (χ1n) is 4.64. The zero-order valence-electron chi connectivity index (χ0n) is 8.48. The minimum Gasteiger partial charge on any atom is -0.504 e. The summed E-state index contributed by atoms with van der Waals surface area (Å²) in [5.74, 6) is -1.66. The summed E-state index contributed by atoms with van der Waals surface area (Å²) in [6.07, 6.45) is 0.977. The van der Waals surface area contributed by atoms with Gasteiger partial charge in [0.2, 0.25) is 5.88 Å². The molecule has 0 aliphatic carbocycles. The van der Waals surface area contributed by atoms with Crippen molar-refractivity contribution in [2.45, 2.75) is 0 Å². The molecule has 5 nitrogen and oxygen atoms in total. The Labute approximate surface area is 105 Å². The van der Waals surface area contributed by atoms with Gasteiger partial charge in [0.1, 0.15) is 6.26 Å². The average molecular weight is 298 g/mol. The topological polar surface area (TPSA) is 82.7 Å². The SMILES string of the molecule is O=C(O)c1c(O)coc1Nc1ccc(Br)cc1. The molecule has 3 N–H and O–H groups in total. The summed E-state index contributed by atoms with van der Waals surface area (Å²) in [4.78, 5) is 10.9. The summed E-state index contributed by atoms with van der Waals surface area (Å²) in [5, 5.41) is 21.0. The Kier molecular flexibility index (Phi) is 3.06. The van der Waals surface area contributed by atoms with Gasteiger partial charge in [0, 0.05) is 10.2 Å². The number of furan rings is 1. The first kappa shape index (κ1) is 11.5. The maximum absolute atomic E-state index is 10.9. The molecule has 1 heterocycles. The Morgan fingerprint density at radius 1 is 1.29 bits per heavy atom. The molecule has 17 heavy (non-hydrogen) atoms. The second kappa shape index (κ2) is 4.50. The van der Waals surface area contributed by atoms with E-state index >= 15 is 0 Å². The number of hydrogen-bond acceptors (Lipinski definition) is 4. The molecule has 88 valence electrons. The third kappa shape index (κ3) is 2.42. The van der Waals surface area contributed by atoms with Crippen molar-refractivity contribution in [3.8, 4) is 5.75 Å². The van der Waals surface area contributed by atoms with Gasteiger partial charge in [-0.15, -0.1) is 0 Å². The van der Waals surface area contributed by atoms with E-state index in [-0.39, 0.29) is 11.4 Å². The van der Waals surface area contributed by atoms with Gasteiger partial charge in [-0.25, -0.2) is 4.79 Å². The van der Waals surface area contributed by atoms with E-state index < -0.39 is 11.7 Å². The minimum absolute atomic E-state index is 0.00248. The van der Waals surface area contributed by atoms with E-state index in [1.807, 2.05) is 0 Å². The van der Waals surface area contributed by atoms with Gasteiger partial charge in [-0.05, 0) is 24.3 Å². The molecule has 0 spiro atoms. The van der Waals surface area contributed by atoms with Gasteiger partial charge in [-0.1, -0.05) is 15.9 Å². The average Bonchev–Trinajstić information content (AvgIpc) is 2.63. The number of anilines is 2. The van der Waals surface area contributed by atoms with Gasteiger partial charge >= 0.3 is 5.97 Å². The predicted octanol–water partition coefficient (Wildman–Crippen LogP) is 3.19. The van der Waals surface area contributed by atoms with Crippen LogP contribution in [0.3, 0.4) is 0 Å². The van der Waals surface area contributed by atoms with Gasteiger partial charge in [0.05, 0.1) is 0 Å². The number of aromatic carboxylic acids is 1. The molecule has 0 bridgehead atoms. The highest BCUT2D eigenvalue weighted by Gasteiger charge is 2.20. The van der Waals surface area contributed by atoms with E-state index in [4.69, 9.17) is 9.52 Å². The molecule has 0 amide bonds. The highest BCUT2D eigenvalue weighted by molar-refractivity contribution is 9.10. The fraction of sp³-hybridized carbons (Fsp3) is 0. The summed E-state index contributed by atoms with van der Waals surface area (Å²) in [6.45, 7) is 0. The van der Waals surface area contributed by atoms with E-state index in [1.165, 1.54) is 0 Å². The van der Waals surface area contributed by atoms with Crippen LogP contribution in [0.1, 0.15) is 10.4 Å². The molecule has 2 aromatic rings. The van der Waals surface area contributed by atoms with E-state index in [9.17, 15) is 9.90 Å². The quantitative estimate of drug-likeness (QED) is 0.810. The first-order valence-corrected chi connectivity index (χ1v) is 5.43. The highest BCUT2D eigenvalue weighted by Crippen LogP contribution is 2.30. The molecule has 1 aromatic carbocycles. The largest absolute Gasteiger partial charge is 0.504 e. The second-order valence-corrected chi connectivity index (χ2v) is 4.18. The number of carboxylic acid groups (broad SMARTS) is 1. The zero-order valence-corrected chi connectivity index (χ0v) is 10.1. The van der Waals surface area contributed by atoms with E-state index in [2.05, 4.69) is 21.2 Å². The van der Waals surface area contributed by atoms with Crippen molar-refractivity contribution in [3.63, 3.8) is 0 Å². The monoisotopic (exact) mass is 297 g/mol. The summed E-state index contributed by atoms with van der Waals surface area (Å²) in [5.41, 5.74) is 0.373. The molecule has 1 aromatic heterocycles. The van der Waals surface area contributed by atoms with Crippen LogP contribution >= 0.6 is 15.9 Å². The smallest absolute Gasteiger partial charge is 0.345 e. The lowest BCUT2D eigenvalue weighted by Gasteiger charge is -2.03. The maximum Gasteiger partial charge on any atom is 0.345 e. The highest BCUT2D eigenvalue weighted by atomic mass is 79.9. The molecule has 0 atom stereocenters. The number of rotatable bonds is 3. The van der Waals surface area contributed by atoms with Crippen molar-refractivity contribution < 1.29 is 19.4 Å². The number of nitrogens with one attached hydrogen (secondary N) is 1. The number of benzene rings is 1. The number of aromatic hydroxyl groups is 1. The lowest BCUT2D eigenvalue weighted by atomic mass is 10.2. The summed E-state index contributed by atoms with van der Waals surface area (Å²) < 4.78 is 5.84. The lowest BCUT2D eigenvalue weighted by molar-refractivity contribution is 0.0695. The number of carbonyl (C=O) groups is 1. The van der Waals surface area contributed by atoms with Gasteiger partial charge in [-0.2, -0.15) is 0 Å². The fourth-order valence-electron chi connectivity index (χ4n) is 1.31. The van der Waals surface area contributed by atoms with Crippen molar-refractivity contribution in [1.82, 2.24) is 0 Å². The van der Waals surface area contributed by atoms with Crippen LogP contribution in [0.15, 0.2) is 39.4 Å². The molecule has 0 fully saturated rings. The lowest BCUT2D eigenvalue weighted by Crippen LogP contribution is -1.99. The standard InChI is InChI=1S/C11H8BrNO4/c12-6-1-3-7(4-2-6)13-10-9(11(15)16)8(14)5-17-10/h1-5,13-14H,(H,15,16). The van der Waals surface area contributed by atoms with Crippen LogP contribution in [0.25, 0.3) is 0 Å².